The summed E-state index contributed by atoms with van der Waals surface area (Å²) in [7, 11) is 8.40. The van der Waals surface area contributed by atoms with Crippen LogP contribution in [0.2, 0.25) is 0 Å². The van der Waals surface area contributed by atoms with Crippen LogP contribution in [0.3, 0.4) is 0 Å². The standard InChI is InChI=1S/C38H50N4S2/c1-7-41-23-21-33(29-31(41)3)17-19-35-13-9-11-15-37(35)39(5)25-27-43-44-28-26-40(6)38-16-12-10-14-36(38)20-18-34-22-24-42(8-2)32(4)30-34/h9-17,19,21-24,29-30H,7-8,18,20,25-28H2,1-6H3/q+2. The lowest BCUT2D eigenvalue weighted by atomic mass is 10.0. The predicted octanol–water partition coefficient (Wildman–Crippen LogP) is 7.83. The molecule has 0 amide bonds. The largest absolute Gasteiger partial charge is 0.374 e. The first kappa shape index (κ1) is 33.7. The van der Waals surface area contributed by atoms with E-state index in [4.69, 9.17) is 0 Å². The van der Waals surface area contributed by atoms with Crippen LogP contribution in [0.4, 0.5) is 11.4 Å². The van der Waals surface area contributed by atoms with Crippen LogP contribution < -0.4 is 18.9 Å². The average Bonchev–Trinajstić information content (AvgIpc) is 3.04. The van der Waals surface area contributed by atoms with Crippen molar-refractivity contribution in [1.29, 1.82) is 0 Å². The van der Waals surface area contributed by atoms with Gasteiger partial charge in [-0.25, -0.2) is 9.13 Å². The number of aryl methyl sites for hydroxylation is 6. The Morgan fingerprint density at radius 3 is 1.91 bits per heavy atom. The van der Waals surface area contributed by atoms with Crippen molar-refractivity contribution < 1.29 is 9.13 Å². The fourth-order valence-electron chi connectivity index (χ4n) is 5.58. The van der Waals surface area contributed by atoms with E-state index in [0.717, 1.165) is 50.5 Å². The molecule has 6 heteroatoms. The van der Waals surface area contributed by atoms with Gasteiger partial charge in [0.15, 0.2) is 23.8 Å². The van der Waals surface area contributed by atoms with E-state index in [1.54, 1.807) is 0 Å². The monoisotopic (exact) mass is 626 g/mol. The molecule has 0 radical (unpaired) electrons. The van der Waals surface area contributed by atoms with Gasteiger partial charge in [-0.1, -0.05) is 70.1 Å². The second-order valence-electron chi connectivity index (χ2n) is 11.4. The van der Waals surface area contributed by atoms with Crippen molar-refractivity contribution >= 4 is 45.1 Å². The zero-order chi connectivity index (χ0) is 31.3. The van der Waals surface area contributed by atoms with E-state index in [1.165, 1.54) is 45.0 Å². The molecule has 4 nitrogen and oxygen atoms in total. The molecule has 0 saturated carbocycles. The molecule has 4 rings (SSSR count). The summed E-state index contributed by atoms with van der Waals surface area (Å²) in [6.45, 7) is 12.8. The second-order valence-corrected chi connectivity index (χ2v) is 14.1. The Labute approximate surface area is 274 Å². The average molecular weight is 627 g/mol. The third-order valence-corrected chi connectivity index (χ3v) is 10.6. The Kier molecular flexibility index (Phi) is 13.2. The number of hydrogen-bond donors (Lipinski definition) is 0. The Balaban J connectivity index is 1.22. The first-order valence-electron chi connectivity index (χ1n) is 15.9. The third kappa shape index (κ3) is 9.64. The van der Waals surface area contributed by atoms with Gasteiger partial charge < -0.3 is 9.80 Å². The van der Waals surface area contributed by atoms with Gasteiger partial charge in [0.05, 0.1) is 0 Å². The van der Waals surface area contributed by atoms with Gasteiger partial charge in [0.1, 0.15) is 13.1 Å². The molecule has 2 aromatic carbocycles. The number of para-hydroxylation sites is 2. The quantitative estimate of drug-likeness (QED) is 0.0715. The molecule has 0 bridgehead atoms. The minimum Gasteiger partial charge on any atom is -0.374 e. The van der Waals surface area contributed by atoms with Crippen molar-refractivity contribution in [3.05, 3.63) is 119 Å². The summed E-state index contributed by atoms with van der Waals surface area (Å²) in [5.41, 5.74) is 10.6. The number of benzene rings is 2. The minimum atomic E-state index is 0.999. The molecule has 4 aromatic rings. The molecule has 0 aliphatic carbocycles. The van der Waals surface area contributed by atoms with E-state index in [0.29, 0.717) is 0 Å². The van der Waals surface area contributed by atoms with E-state index in [2.05, 4.69) is 158 Å². The topological polar surface area (TPSA) is 14.2 Å². The lowest BCUT2D eigenvalue weighted by Gasteiger charge is -2.23. The lowest BCUT2D eigenvalue weighted by molar-refractivity contribution is -0.699. The normalized spacial score (nSPS) is 11.3. The molecule has 0 fully saturated rings. The van der Waals surface area contributed by atoms with Crippen LogP contribution >= 0.6 is 21.6 Å². The Hall–Kier alpha value is -3.22. The zero-order valence-corrected chi connectivity index (χ0v) is 29.1. The molecule has 2 aromatic heterocycles. The molecule has 0 atom stereocenters. The molecule has 44 heavy (non-hydrogen) atoms. The summed E-state index contributed by atoms with van der Waals surface area (Å²) in [6.07, 6.45) is 11.0. The second kappa shape index (κ2) is 17.3. The number of nitrogens with zero attached hydrogens (tertiary/aromatic N) is 4. The van der Waals surface area contributed by atoms with Gasteiger partial charge in [0, 0.05) is 88.2 Å². The van der Waals surface area contributed by atoms with E-state index < -0.39 is 0 Å². The van der Waals surface area contributed by atoms with E-state index in [1.807, 2.05) is 21.6 Å². The van der Waals surface area contributed by atoms with Crippen LogP contribution in [0.25, 0.3) is 12.2 Å². The fourth-order valence-corrected chi connectivity index (χ4v) is 7.67. The molecule has 0 unspecified atom stereocenters. The molecular weight excluding hydrogens is 577 g/mol. The maximum Gasteiger partial charge on any atom is 0.178 e. The summed E-state index contributed by atoms with van der Waals surface area (Å²) in [4.78, 5) is 4.81. The van der Waals surface area contributed by atoms with Crippen LogP contribution in [0.1, 0.15) is 47.5 Å². The summed E-state index contributed by atoms with van der Waals surface area (Å²) >= 11 is 0. The smallest absolute Gasteiger partial charge is 0.178 e. The van der Waals surface area contributed by atoms with E-state index in [9.17, 15) is 0 Å². The number of pyridine rings is 2. The summed E-state index contributed by atoms with van der Waals surface area (Å²) in [6, 6.07) is 26.7. The minimum absolute atomic E-state index is 0.999. The van der Waals surface area contributed by atoms with E-state index >= 15 is 0 Å². The SMILES string of the molecule is CC[n+]1ccc(C=Cc2ccccc2N(C)CCSSCCN(C)c2ccccc2CCc2cc[n+](CC)c(C)c2)cc1C. The molecule has 2 heterocycles. The fraction of sp³-hybridized carbons (Fsp3) is 0.368. The summed E-state index contributed by atoms with van der Waals surface area (Å²) < 4.78 is 4.56. The highest BCUT2D eigenvalue weighted by Gasteiger charge is 2.11. The first-order chi connectivity index (χ1) is 21.4. The van der Waals surface area contributed by atoms with Crippen LogP contribution in [0.15, 0.2) is 85.2 Å². The number of aromatic nitrogens is 2. The molecule has 0 aliphatic rings. The van der Waals surface area contributed by atoms with Crippen LogP contribution in [0, 0.1) is 13.8 Å². The van der Waals surface area contributed by atoms with Crippen molar-refractivity contribution in [2.24, 2.45) is 0 Å². The van der Waals surface area contributed by atoms with Crippen molar-refractivity contribution in [3.8, 4) is 0 Å². The Bertz CT molecular complexity index is 1520. The maximum atomic E-state index is 2.43. The highest BCUT2D eigenvalue weighted by atomic mass is 33.1. The van der Waals surface area contributed by atoms with Crippen LogP contribution in [-0.4, -0.2) is 38.7 Å². The molecule has 232 valence electrons. The van der Waals surface area contributed by atoms with Crippen molar-refractivity contribution in [2.45, 2.75) is 53.6 Å². The van der Waals surface area contributed by atoms with Gasteiger partial charge in [-0.15, -0.1) is 0 Å². The number of hydrogen-bond acceptors (Lipinski definition) is 4. The van der Waals surface area contributed by atoms with Gasteiger partial charge in [-0.3, -0.25) is 0 Å². The zero-order valence-electron chi connectivity index (χ0n) is 27.5. The van der Waals surface area contributed by atoms with Crippen molar-refractivity contribution in [3.63, 3.8) is 0 Å². The lowest BCUT2D eigenvalue weighted by Crippen LogP contribution is -2.35. The highest BCUT2D eigenvalue weighted by Crippen LogP contribution is 2.26. The molecule has 0 spiro atoms. The first-order valence-corrected chi connectivity index (χ1v) is 18.4. The van der Waals surface area contributed by atoms with Gasteiger partial charge in [-0.2, -0.15) is 0 Å². The Morgan fingerprint density at radius 2 is 1.25 bits per heavy atom. The highest BCUT2D eigenvalue weighted by molar-refractivity contribution is 8.76. The molecule has 0 saturated heterocycles. The van der Waals surface area contributed by atoms with Crippen LogP contribution in [0.5, 0.6) is 0 Å². The molecular formula is C38H50N4S2+2. The Morgan fingerprint density at radius 1 is 0.659 bits per heavy atom. The molecule has 0 N–H and O–H groups in total. The van der Waals surface area contributed by atoms with Gasteiger partial charge >= 0.3 is 0 Å². The maximum absolute atomic E-state index is 2.43. The predicted molar refractivity (Wildman–Crippen MR) is 195 cm³/mol. The van der Waals surface area contributed by atoms with Crippen molar-refractivity contribution in [1.82, 2.24) is 0 Å². The third-order valence-electron chi connectivity index (χ3n) is 8.27. The number of anilines is 2. The van der Waals surface area contributed by atoms with Gasteiger partial charge in [0.2, 0.25) is 0 Å². The van der Waals surface area contributed by atoms with Crippen LogP contribution in [-0.2, 0) is 25.9 Å². The summed E-state index contributed by atoms with van der Waals surface area (Å²) in [5, 5.41) is 0. The van der Waals surface area contributed by atoms with Gasteiger partial charge in [0.25, 0.3) is 0 Å². The van der Waals surface area contributed by atoms with Gasteiger partial charge in [-0.05, 0) is 61.1 Å². The van der Waals surface area contributed by atoms with E-state index in [-0.39, 0.29) is 0 Å². The summed E-state index contributed by atoms with van der Waals surface area (Å²) in [5.74, 6) is 2.19. The number of rotatable bonds is 16. The van der Waals surface area contributed by atoms with Crippen molar-refractivity contribution in [2.75, 3.05) is 48.5 Å². The molecule has 0 aliphatic heterocycles.